The van der Waals surface area contributed by atoms with Crippen LogP contribution in [0.2, 0.25) is 5.02 Å². The zero-order valence-electron chi connectivity index (χ0n) is 13.5. The van der Waals surface area contributed by atoms with Crippen LogP contribution >= 0.6 is 11.6 Å². The van der Waals surface area contributed by atoms with Crippen LogP contribution in [-0.4, -0.2) is 57.9 Å². The third kappa shape index (κ3) is 7.44. The lowest BCUT2D eigenvalue weighted by molar-refractivity contribution is -0.117. The molecule has 6 nitrogen and oxygen atoms in total. The van der Waals surface area contributed by atoms with Crippen LogP contribution in [0.4, 0.5) is 5.69 Å². The third-order valence-electron chi connectivity index (χ3n) is 3.18. The Morgan fingerprint density at radius 3 is 2.70 bits per heavy atom. The van der Waals surface area contributed by atoms with Crippen LogP contribution < -0.4 is 5.32 Å². The second kappa shape index (κ2) is 11.0. The summed E-state index contributed by atoms with van der Waals surface area (Å²) in [5.41, 5.74) is 0.805. The monoisotopic (exact) mass is 339 g/mol. The molecule has 0 aromatic heterocycles. The van der Waals surface area contributed by atoms with Gasteiger partial charge in [0.05, 0.1) is 24.4 Å². The van der Waals surface area contributed by atoms with Gasteiger partial charge in [-0.05, 0) is 24.6 Å². The highest BCUT2D eigenvalue weighted by atomic mass is 35.5. The first-order chi connectivity index (χ1) is 11.1. The van der Waals surface area contributed by atoms with Gasteiger partial charge in [0, 0.05) is 38.9 Å². The van der Waals surface area contributed by atoms with Crippen molar-refractivity contribution in [3.63, 3.8) is 0 Å². The van der Waals surface area contributed by atoms with E-state index in [1.807, 2.05) is 11.0 Å². The molecular formula is C16H22ClN3O3. The first-order valence-corrected chi connectivity index (χ1v) is 7.68. The van der Waals surface area contributed by atoms with Crippen molar-refractivity contribution in [3.05, 3.63) is 28.8 Å². The largest absolute Gasteiger partial charge is 0.385 e. The summed E-state index contributed by atoms with van der Waals surface area (Å²) >= 11 is 5.91. The molecule has 0 unspecified atom stereocenters. The Kier molecular flexibility index (Phi) is 9.25. The lowest BCUT2D eigenvalue weighted by atomic mass is 10.2. The maximum atomic E-state index is 12.2. The molecule has 1 rings (SSSR count). The average molecular weight is 340 g/mol. The van der Waals surface area contributed by atoms with Crippen molar-refractivity contribution in [3.8, 4) is 6.07 Å². The molecule has 1 N–H and O–H groups in total. The first-order valence-electron chi connectivity index (χ1n) is 7.30. The fourth-order valence-corrected chi connectivity index (χ4v) is 2.21. The molecule has 0 heterocycles. The number of nitriles is 1. The molecule has 23 heavy (non-hydrogen) atoms. The minimum atomic E-state index is -0.197. The van der Waals surface area contributed by atoms with Crippen molar-refractivity contribution in [1.82, 2.24) is 4.90 Å². The van der Waals surface area contributed by atoms with E-state index in [9.17, 15) is 4.79 Å². The molecule has 0 aliphatic heterocycles. The van der Waals surface area contributed by atoms with Crippen LogP contribution in [0.3, 0.4) is 0 Å². The molecule has 0 spiro atoms. The molecule has 0 fully saturated rings. The van der Waals surface area contributed by atoms with E-state index in [1.165, 1.54) is 0 Å². The molecule has 1 aromatic rings. The van der Waals surface area contributed by atoms with Gasteiger partial charge in [0.2, 0.25) is 5.91 Å². The highest BCUT2D eigenvalue weighted by Gasteiger charge is 2.12. The Labute approximate surface area is 141 Å². The number of carbonyl (C=O) groups excluding carboxylic acids is 1. The van der Waals surface area contributed by atoms with E-state index in [1.54, 1.807) is 32.4 Å². The molecule has 0 aliphatic rings. The molecule has 1 aromatic carbocycles. The SMILES string of the molecule is COCCCN(CCOC)CC(=O)Nc1cc(Cl)ccc1C#N. The summed E-state index contributed by atoms with van der Waals surface area (Å²) in [6.45, 7) is 2.77. The number of nitrogens with zero attached hydrogens (tertiary/aromatic N) is 2. The van der Waals surface area contributed by atoms with Crippen LogP contribution in [-0.2, 0) is 14.3 Å². The standard InChI is InChI=1S/C16H22ClN3O3/c1-22-8-3-6-20(7-9-23-2)12-16(21)19-15-10-14(17)5-4-13(15)11-18/h4-5,10H,3,6-9,12H2,1-2H3,(H,19,21). The minimum Gasteiger partial charge on any atom is -0.385 e. The van der Waals surface area contributed by atoms with Gasteiger partial charge in [0.1, 0.15) is 6.07 Å². The van der Waals surface area contributed by atoms with Gasteiger partial charge in [-0.3, -0.25) is 9.69 Å². The van der Waals surface area contributed by atoms with Crippen LogP contribution in [0.1, 0.15) is 12.0 Å². The van der Waals surface area contributed by atoms with Crippen LogP contribution in [0.25, 0.3) is 0 Å². The van der Waals surface area contributed by atoms with Crippen molar-refractivity contribution < 1.29 is 14.3 Å². The molecule has 1 amide bonds. The molecule has 0 saturated carbocycles. The zero-order valence-corrected chi connectivity index (χ0v) is 14.2. The third-order valence-corrected chi connectivity index (χ3v) is 3.41. The second-order valence-corrected chi connectivity index (χ2v) is 5.40. The number of rotatable bonds is 10. The van der Waals surface area contributed by atoms with E-state index in [0.29, 0.717) is 36.0 Å². The van der Waals surface area contributed by atoms with Crippen molar-refractivity contribution >= 4 is 23.2 Å². The molecule has 0 radical (unpaired) electrons. The fraction of sp³-hybridized carbons (Fsp3) is 0.500. The molecule has 0 aliphatic carbocycles. The van der Waals surface area contributed by atoms with Gasteiger partial charge >= 0.3 is 0 Å². The minimum absolute atomic E-state index is 0.197. The Hall–Kier alpha value is -1.65. The van der Waals surface area contributed by atoms with E-state index in [0.717, 1.165) is 13.0 Å². The maximum absolute atomic E-state index is 12.2. The normalized spacial score (nSPS) is 10.6. The van der Waals surface area contributed by atoms with Gasteiger partial charge in [-0.1, -0.05) is 11.6 Å². The van der Waals surface area contributed by atoms with Gasteiger partial charge in [0.15, 0.2) is 0 Å². The maximum Gasteiger partial charge on any atom is 0.238 e. The predicted molar refractivity (Wildman–Crippen MR) is 89.6 cm³/mol. The molecular weight excluding hydrogens is 318 g/mol. The number of ether oxygens (including phenoxy) is 2. The van der Waals surface area contributed by atoms with Gasteiger partial charge < -0.3 is 14.8 Å². The highest BCUT2D eigenvalue weighted by molar-refractivity contribution is 6.31. The van der Waals surface area contributed by atoms with E-state index in [-0.39, 0.29) is 12.5 Å². The number of anilines is 1. The van der Waals surface area contributed by atoms with Gasteiger partial charge in [-0.15, -0.1) is 0 Å². The molecule has 0 atom stereocenters. The quantitative estimate of drug-likeness (QED) is 0.661. The number of hydrogen-bond donors (Lipinski definition) is 1. The number of amides is 1. The Bertz CT molecular complexity index is 546. The number of benzene rings is 1. The average Bonchev–Trinajstić information content (AvgIpc) is 2.52. The smallest absolute Gasteiger partial charge is 0.238 e. The van der Waals surface area contributed by atoms with Crippen molar-refractivity contribution in [2.24, 2.45) is 0 Å². The molecule has 0 bridgehead atoms. The van der Waals surface area contributed by atoms with Crippen LogP contribution in [0.15, 0.2) is 18.2 Å². The predicted octanol–water partition coefficient (Wildman–Crippen LogP) is 2.14. The summed E-state index contributed by atoms with van der Waals surface area (Å²) in [6, 6.07) is 6.81. The highest BCUT2D eigenvalue weighted by Crippen LogP contribution is 2.20. The number of methoxy groups -OCH3 is 2. The zero-order chi connectivity index (χ0) is 17.1. The van der Waals surface area contributed by atoms with Gasteiger partial charge in [0.25, 0.3) is 0 Å². The van der Waals surface area contributed by atoms with E-state index < -0.39 is 0 Å². The Morgan fingerprint density at radius 1 is 1.30 bits per heavy atom. The first kappa shape index (κ1) is 19.4. The van der Waals surface area contributed by atoms with Crippen molar-refractivity contribution in [1.29, 1.82) is 5.26 Å². The summed E-state index contributed by atoms with van der Waals surface area (Å²) in [5.74, 6) is -0.197. The summed E-state index contributed by atoms with van der Waals surface area (Å²) in [4.78, 5) is 14.2. The van der Waals surface area contributed by atoms with E-state index >= 15 is 0 Å². The second-order valence-electron chi connectivity index (χ2n) is 4.97. The lowest BCUT2D eigenvalue weighted by Crippen LogP contribution is -2.36. The van der Waals surface area contributed by atoms with E-state index in [4.69, 9.17) is 26.3 Å². The van der Waals surface area contributed by atoms with Crippen molar-refractivity contribution in [2.45, 2.75) is 6.42 Å². The van der Waals surface area contributed by atoms with Gasteiger partial charge in [-0.2, -0.15) is 5.26 Å². The number of nitrogens with one attached hydrogen (secondary N) is 1. The topological polar surface area (TPSA) is 74.6 Å². The summed E-state index contributed by atoms with van der Waals surface area (Å²) in [7, 11) is 3.27. The van der Waals surface area contributed by atoms with Crippen molar-refractivity contribution in [2.75, 3.05) is 52.4 Å². The fourth-order valence-electron chi connectivity index (χ4n) is 2.03. The number of carbonyl (C=O) groups is 1. The summed E-state index contributed by atoms with van der Waals surface area (Å²) in [5, 5.41) is 12.3. The Morgan fingerprint density at radius 2 is 2.04 bits per heavy atom. The summed E-state index contributed by atoms with van der Waals surface area (Å²) in [6.07, 6.45) is 0.827. The lowest BCUT2D eigenvalue weighted by Gasteiger charge is -2.21. The molecule has 126 valence electrons. The molecule has 0 saturated heterocycles. The van der Waals surface area contributed by atoms with Crippen LogP contribution in [0.5, 0.6) is 0 Å². The molecule has 7 heteroatoms. The Balaban J connectivity index is 2.64. The van der Waals surface area contributed by atoms with Crippen LogP contribution in [0, 0.1) is 11.3 Å². The van der Waals surface area contributed by atoms with E-state index in [2.05, 4.69) is 5.32 Å². The summed E-state index contributed by atoms with van der Waals surface area (Å²) < 4.78 is 10.1. The van der Waals surface area contributed by atoms with Gasteiger partial charge in [-0.25, -0.2) is 0 Å². The number of hydrogen-bond acceptors (Lipinski definition) is 5. The number of halogens is 1.